The number of Topliss-reactive ketones (excluding diaryl/α,β-unsaturated/α-hetero) is 2. The largest absolute Gasteiger partial charge is 0.300 e. The van der Waals surface area contributed by atoms with Gasteiger partial charge in [0, 0.05) is 25.2 Å². The third-order valence-corrected chi connectivity index (χ3v) is 1.69. The maximum atomic E-state index is 11.0. The summed E-state index contributed by atoms with van der Waals surface area (Å²) in [6.45, 7) is 5.54. The van der Waals surface area contributed by atoms with E-state index in [1.807, 2.05) is 20.8 Å². The molecule has 0 aromatic rings. The van der Waals surface area contributed by atoms with Gasteiger partial charge in [0.2, 0.25) is 0 Å². The van der Waals surface area contributed by atoms with Gasteiger partial charge in [0.25, 0.3) is 0 Å². The summed E-state index contributed by atoms with van der Waals surface area (Å²) in [4.78, 5) is 21.8. The van der Waals surface area contributed by atoms with Gasteiger partial charge in [-0.05, 0) is 0 Å². The Bertz CT molecular complexity index is 148. The lowest BCUT2D eigenvalue weighted by molar-refractivity contribution is -0.125. The Hall–Kier alpha value is -0.660. The van der Waals surface area contributed by atoms with E-state index in [1.54, 1.807) is 0 Å². The van der Waals surface area contributed by atoms with Crippen LogP contribution in [-0.4, -0.2) is 11.6 Å². The Kier molecular flexibility index (Phi) is 4.75. The molecule has 0 fully saturated rings. The highest BCUT2D eigenvalue weighted by Gasteiger charge is 2.08. The third kappa shape index (κ3) is 4.71. The standard InChI is InChI=1S/C9H16O2/c1-4-8(10)5-6-9(11)7(2)3/h7H,4-6H2,1-3H3. The van der Waals surface area contributed by atoms with Crippen LogP contribution in [0, 0.1) is 5.92 Å². The number of hydrogen-bond acceptors (Lipinski definition) is 2. The minimum Gasteiger partial charge on any atom is -0.300 e. The van der Waals surface area contributed by atoms with E-state index in [0.717, 1.165) is 0 Å². The fourth-order valence-electron chi connectivity index (χ4n) is 0.728. The van der Waals surface area contributed by atoms with E-state index in [0.29, 0.717) is 19.3 Å². The molecule has 0 unspecified atom stereocenters. The molecule has 0 aromatic carbocycles. The van der Waals surface area contributed by atoms with Gasteiger partial charge >= 0.3 is 0 Å². The number of hydrogen-bond donors (Lipinski definition) is 0. The molecule has 0 rings (SSSR count). The Labute approximate surface area is 68.0 Å². The minimum absolute atomic E-state index is 0.0691. The van der Waals surface area contributed by atoms with Crippen molar-refractivity contribution in [3.63, 3.8) is 0 Å². The van der Waals surface area contributed by atoms with Crippen LogP contribution in [0.1, 0.15) is 40.0 Å². The minimum atomic E-state index is 0.0691. The van der Waals surface area contributed by atoms with Crippen LogP contribution in [0.3, 0.4) is 0 Å². The van der Waals surface area contributed by atoms with Crippen LogP contribution in [0.2, 0.25) is 0 Å². The average molecular weight is 156 g/mol. The molecule has 2 heteroatoms. The molecule has 2 nitrogen and oxygen atoms in total. The van der Waals surface area contributed by atoms with E-state index < -0.39 is 0 Å². The number of ketones is 2. The Balaban J connectivity index is 3.54. The molecular formula is C9H16O2. The molecule has 0 bridgehead atoms. The molecule has 0 spiro atoms. The van der Waals surface area contributed by atoms with Crippen LogP contribution in [0.4, 0.5) is 0 Å². The van der Waals surface area contributed by atoms with E-state index in [1.165, 1.54) is 0 Å². The third-order valence-electron chi connectivity index (χ3n) is 1.69. The average Bonchev–Trinajstić information content (AvgIpc) is 1.99. The monoisotopic (exact) mass is 156 g/mol. The first kappa shape index (κ1) is 10.3. The van der Waals surface area contributed by atoms with E-state index in [-0.39, 0.29) is 17.5 Å². The van der Waals surface area contributed by atoms with E-state index >= 15 is 0 Å². The molecule has 0 N–H and O–H groups in total. The highest BCUT2D eigenvalue weighted by atomic mass is 16.1. The van der Waals surface area contributed by atoms with Gasteiger partial charge in [-0.3, -0.25) is 9.59 Å². The van der Waals surface area contributed by atoms with Crippen LogP contribution in [0.25, 0.3) is 0 Å². The molecule has 0 aliphatic carbocycles. The summed E-state index contributed by atoms with van der Waals surface area (Å²) in [5.74, 6) is 0.436. The lowest BCUT2D eigenvalue weighted by atomic mass is 10.0. The maximum Gasteiger partial charge on any atom is 0.135 e. The molecule has 0 aromatic heterocycles. The number of rotatable bonds is 5. The first-order chi connectivity index (χ1) is 5.07. The van der Waals surface area contributed by atoms with Gasteiger partial charge in [-0.25, -0.2) is 0 Å². The summed E-state index contributed by atoms with van der Waals surface area (Å²) >= 11 is 0. The van der Waals surface area contributed by atoms with Crippen molar-refractivity contribution in [1.29, 1.82) is 0 Å². The first-order valence-electron chi connectivity index (χ1n) is 4.12. The van der Waals surface area contributed by atoms with Crippen LogP contribution in [0.5, 0.6) is 0 Å². The van der Waals surface area contributed by atoms with Gasteiger partial charge in [-0.1, -0.05) is 20.8 Å². The van der Waals surface area contributed by atoms with Crippen molar-refractivity contribution < 1.29 is 9.59 Å². The zero-order valence-corrected chi connectivity index (χ0v) is 7.52. The zero-order chi connectivity index (χ0) is 8.85. The van der Waals surface area contributed by atoms with Crippen molar-refractivity contribution in [3.05, 3.63) is 0 Å². The summed E-state index contributed by atoms with van der Waals surface area (Å²) in [5, 5.41) is 0. The van der Waals surface area contributed by atoms with Crippen molar-refractivity contribution >= 4 is 11.6 Å². The van der Waals surface area contributed by atoms with Gasteiger partial charge in [0.1, 0.15) is 11.6 Å². The van der Waals surface area contributed by atoms with Crippen LogP contribution in [0.15, 0.2) is 0 Å². The SMILES string of the molecule is CCC(=O)CCC(=O)C(C)C. The molecule has 0 saturated carbocycles. The lowest BCUT2D eigenvalue weighted by Crippen LogP contribution is -2.09. The fraction of sp³-hybridized carbons (Fsp3) is 0.778. The quantitative estimate of drug-likeness (QED) is 0.609. The molecule has 11 heavy (non-hydrogen) atoms. The molecular weight excluding hydrogens is 140 g/mol. The van der Waals surface area contributed by atoms with Crippen molar-refractivity contribution in [2.75, 3.05) is 0 Å². The van der Waals surface area contributed by atoms with Gasteiger partial charge in [-0.2, -0.15) is 0 Å². The summed E-state index contributed by atoms with van der Waals surface area (Å²) in [6, 6.07) is 0. The summed E-state index contributed by atoms with van der Waals surface area (Å²) < 4.78 is 0. The van der Waals surface area contributed by atoms with E-state index in [4.69, 9.17) is 0 Å². The van der Waals surface area contributed by atoms with Crippen molar-refractivity contribution in [1.82, 2.24) is 0 Å². The number of carbonyl (C=O) groups excluding carboxylic acids is 2. The topological polar surface area (TPSA) is 34.1 Å². The highest BCUT2D eigenvalue weighted by molar-refractivity contribution is 5.86. The molecule has 64 valence electrons. The Morgan fingerprint density at radius 2 is 1.73 bits per heavy atom. The zero-order valence-electron chi connectivity index (χ0n) is 7.52. The van der Waals surface area contributed by atoms with Crippen molar-refractivity contribution in [3.8, 4) is 0 Å². The molecule has 0 radical (unpaired) electrons. The predicted molar refractivity (Wildman–Crippen MR) is 44.4 cm³/mol. The molecule has 0 amide bonds. The molecule has 0 aliphatic heterocycles. The smallest absolute Gasteiger partial charge is 0.135 e. The molecule has 0 heterocycles. The van der Waals surface area contributed by atoms with Gasteiger partial charge in [-0.15, -0.1) is 0 Å². The second-order valence-electron chi connectivity index (χ2n) is 3.01. The van der Waals surface area contributed by atoms with Gasteiger partial charge < -0.3 is 0 Å². The van der Waals surface area contributed by atoms with Crippen LogP contribution < -0.4 is 0 Å². The summed E-state index contributed by atoms with van der Waals surface area (Å²) in [7, 11) is 0. The van der Waals surface area contributed by atoms with Crippen LogP contribution >= 0.6 is 0 Å². The van der Waals surface area contributed by atoms with Crippen LogP contribution in [-0.2, 0) is 9.59 Å². The Morgan fingerprint density at radius 3 is 2.09 bits per heavy atom. The second kappa shape index (κ2) is 5.05. The summed E-state index contributed by atoms with van der Waals surface area (Å²) in [6.07, 6.45) is 1.39. The second-order valence-corrected chi connectivity index (χ2v) is 3.01. The van der Waals surface area contributed by atoms with E-state index in [2.05, 4.69) is 0 Å². The van der Waals surface area contributed by atoms with Crippen molar-refractivity contribution in [2.24, 2.45) is 5.92 Å². The predicted octanol–water partition coefficient (Wildman–Crippen LogP) is 1.97. The van der Waals surface area contributed by atoms with Gasteiger partial charge in [0.05, 0.1) is 0 Å². The molecule has 0 aliphatic rings. The lowest BCUT2D eigenvalue weighted by Gasteiger charge is -2.01. The van der Waals surface area contributed by atoms with E-state index in [9.17, 15) is 9.59 Å². The van der Waals surface area contributed by atoms with Gasteiger partial charge in [0.15, 0.2) is 0 Å². The normalized spacial score (nSPS) is 10.2. The molecule has 0 saturated heterocycles. The maximum absolute atomic E-state index is 11.0. The highest BCUT2D eigenvalue weighted by Crippen LogP contribution is 2.03. The molecule has 0 atom stereocenters. The Morgan fingerprint density at radius 1 is 1.18 bits per heavy atom. The fourth-order valence-corrected chi connectivity index (χ4v) is 0.728. The number of carbonyl (C=O) groups is 2. The first-order valence-corrected chi connectivity index (χ1v) is 4.12. The van der Waals surface area contributed by atoms with Crippen molar-refractivity contribution in [2.45, 2.75) is 40.0 Å². The summed E-state index contributed by atoms with van der Waals surface area (Å²) in [5.41, 5.74) is 0.